The molecule has 0 fully saturated rings. The molecule has 4 nitrogen and oxygen atoms in total. The minimum atomic E-state index is 0.657. The number of nitrogens with zero attached hydrogens (tertiary/aromatic N) is 2. The highest BCUT2D eigenvalue weighted by atomic mass is 32.1. The zero-order chi connectivity index (χ0) is 12.3. The summed E-state index contributed by atoms with van der Waals surface area (Å²) in [6.45, 7) is 2.78. The van der Waals surface area contributed by atoms with Crippen LogP contribution in [0.1, 0.15) is 18.3 Å². The molecule has 1 aromatic heterocycles. The molecule has 17 heavy (non-hydrogen) atoms. The molecule has 0 saturated heterocycles. The number of nitrogens with one attached hydrogen (secondary N) is 1. The van der Waals surface area contributed by atoms with Gasteiger partial charge in [0.1, 0.15) is 11.6 Å². The molecule has 0 unspecified atom stereocenters. The third-order valence-corrected chi connectivity index (χ3v) is 2.94. The molecule has 0 saturated carbocycles. The second kappa shape index (κ2) is 5.14. The monoisotopic (exact) mass is 249 g/mol. The summed E-state index contributed by atoms with van der Waals surface area (Å²) in [4.78, 5) is 0. The predicted molar refractivity (Wildman–Crippen MR) is 68.9 cm³/mol. The van der Waals surface area contributed by atoms with Crippen molar-refractivity contribution in [3.63, 3.8) is 0 Å². The Hall–Kier alpha value is -1.62. The number of benzene rings is 1. The molecule has 0 spiro atoms. The van der Waals surface area contributed by atoms with E-state index in [1.165, 1.54) is 0 Å². The number of aromatic amines is 1. The van der Waals surface area contributed by atoms with Crippen molar-refractivity contribution < 1.29 is 4.74 Å². The van der Waals surface area contributed by atoms with Crippen LogP contribution in [0.5, 0.6) is 5.75 Å². The number of methoxy groups -OCH3 is 1. The number of hydrogen-bond acceptors (Lipinski definition) is 3. The topological polar surface area (TPSA) is 42.8 Å². The van der Waals surface area contributed by atoms with Gasteiger partial charge < -0.3 is 4.74 Å². The van der Waals surface area contributed by atoms with Crippen LogP contribution in [-0.2, 0) is 13.0 Å². The molecule has 1 aromatic carbocycles. The normalized spacial score (nSPS) is 10.5. The highest BCUT2D eigenvalue weighted by Gasteiger charge is 2.05. The lowest BCUT2D eigenvalue weighted by atomic mass is 10.2. The van der Waals surface area contributed by atoms with E-state index in [1.807, 2.05) is 22.8 Å². The van der Waals surface area contributed by atoms with Gasteiger partial charge in [0.15, 0.2) is 4.77 Å². The summed E-state index contributed by atoms with van der Waals surface area (Å²) in [5.74, 6) is 1.83. The summed E-state index contributed by atoms with van der Waals surface area (Å²) < 4.78 is 7.86. The Balaban J connectivity index is 2.30. The van der Waals surface area contributed by atoms with Gasteiger partial charge in [0.2, 0.25) is 0 Å². The molecule has 1 heterocycles. The second-order valence-corrected chi connectivity index (χ2v) is 4.12. The molecule has 0 radical (unpaired) electrons. The summed E-state index contributed by atoms with van der Waals surface area (Å²) >= 11 is 5.21. The third-order valence-electron chi connectivity index (χ3n) is 2.63. The van der Waals surface area contributed by atoms with E-state index in [2.05, 4.69) is 23.2 Å². The van der Waals surface area contributed by atoms with Crippen molar-refractivity contribution in [3.05, 3.63) is 40.4 Å². The lowest BCUT2D eigenvalue weighted by Crippen LogP contribution is -2.04. The lowest BCUT2D eigenvalue weighted by Gasteiger charge is -2.07. The third kappa shape index (κ3) is 2.55. The van der Waals surface area contributed by atoms with Gasteiger partial charge in [0, 0.05) is 6.42 Å². The van der Waals surface area contributed by atoms with Crippen molar-refractivity contribution in [2.45, 2.75) is 19.9 Å². The van der Waals surface area contributed by atoms with E-state index in [0.29, 0.717) is 4.77 Å². The van der Waals surface area contributed by atoms with Crippen LogP contribution in [0.3, 0.4) is 0 Å². The van der Waals surface area contributed by atoms with Crippen LogP contribution in [0.2, 0.25) is 0 Å². The van der Waals surface area contributed by atoms with E-state index in [4.69, 9.17) is 17.0 Å². The van der Waals surface area contributed by atoms with Gasteiger partial charge in [0.25, 0.3) is 0 Å². The molecule has 0 aliphatic heterocycles. The first kappa shape index (κ1) is 11.9. The first-order valence-electron chi connectivity index (χ1n) is 5.51. The van der Waals surface area contributed by atoms with Crippen molar-refractivity contribution >= 4 is 12.2 Å². The Morgan fingerprint density at radius 1 is 1.47 bits per heavy atom. The zero-order valence-corrected chi connectivity index (χ0v) is 10.8. The van der Waals surface area contributed by atoms with Crippen LogP contribution in [0, 0.1) is 4.77 Å². The number of aromatic nitrogens is 3. The van der Waals surface area contributed by atoms with Crippen LogP contribution in [-0.4, -0.2) is 21.9 Å². The Kier molecular flexibility index (Phi) is 3.58. The molecular weight excluding hydrogens is 234 g/mol. The van der Waals surface area contributed by atoms with E-state index >= 15 is 0 Å². The minimum absolute atomic E-state index is 0.657. The Bertz CT molecular complexity index is 559. The van der Waals surface area contributed by atoms with Gasteiger partial charge >= 0.3 is 0 Å². The number of hydrogen-bond donors (Lipinski definition) is 1. The Morgan fingerprint density at radius 2 is 2.29 bits per heavy atom. The predicted octanol–water partition coefficient (Wildman–Crippen LogP) is 2.56. The van der Waals surface area contributed by atoms with E-state index < -0.39 is 0 Å². The van der Waals surface area contributed by atoms with Crippen molar-refractivity contribution in [2.24, 2.45) is 0 Å². The first-order valence-corrected chi connectivity index (χ1v) is 5.92. The molecular formula is C12H15N3OS. The van der Waals surface area contributed by atoms with Gasteiger partial charge in [-0.1, -0.05) is 19.1 Å². The number of H-pyrrole nitrogens is 1. The van der Waals surface area contributed by atoms with Crippen LogP contribution in [0.25, 0.3) is 0 Å². The molecule has 5 heteroatoms. The van der Waals surface area contributed by atoms with E-state index in [0.717, 1.165) is 30.1 Å². The SMILES string of the molecule is CCc1n[nH]c(=S)n1Cc1cccc(OC)c1. The molecule has 0 atom stereocenters. The fraction of sp³-hybridized carbons (Fsp3) is 0.333. The van der Waals surface area contributed by atoms with Gasteiger partial charge in [-0.2, -0.15) is 5.10 Å². The summed E-state index contributed by atoms with van der Waals surface area (Å²) in [5, 5.41) is 7.01. The van der Waals surface area contributed by atoms with Gasteiger partial charge in [-0.3, -0.25) is 9.67 Å². The Morgan fingerprint density at radius 3 is 3.00 bits per heavy atom. The van der Waals surface area contributed by atoms with Crippen molar-refractivity contribution in [1.29, 1.82) is 0 Å². The fourth-order valence-electron chi connectivity index (χ4n) is 1.74. The number of aryl methyl sites for hydroxylation is 1. The maximum Gasteiger partial charge on any atom is 0.195 e. The van der Waals surface area contributed by atoms with Crippen molar-refractivity contribution in [2.75, 3.05) is 7.11 Å². The number of rotatable bonds is 4. The van der Waals surface area contributed by atoms with Crippen molar-refractivity contribution in [3.8, 4) is 5.75 Å². The van der Waals surface area contributed by atoms with E-state index in [9.17, 15) is 0 Å². The molecule has 0 aliphatic rings. The molecule has 2 rings (SSSR count). The number of ether oxygens (including phenoxy) is 1. The summed E-state index contributed by atoms with van der Waals surface area (Å²) in [6, 6.07) is 7.97. The molecule has 90 valence electrons. The average molecular weight is 249 g/mol. The standard InChI is InChI=1S/C12H15N3OS/c1-3-11-13-14-12(17)15(11)8-9-5-4-6-10(7-9)16-2/h4-7H,3,8H2,1-2H3,(H,14,17). The molecule has 0 bridgehead atoms. The summed E-state index contributed by atoms with van der Waals surface area (Å²) in [5.41, 5.74) is 1.15. The molecule has 2 aromatic rings. The first-order chi connectivity index (χ1) is 8.24. The van der Waals surface area contributed by atoms with E-state index in [1.54, 1.807) is 7.11 Å². The smallest absolute Gasteiger partial charge is 0.195 e. The highest BCUT2D eigenvalue weighted by Crippen LogP contribution is 2.14. The van der Waals surface area contributed by atoms with Crippen LogP contribution >= 0.6 is 12.2 Å². The van der Waals surface area contributed by atoms with Crippen LogP contribution in [0.4, 0.5) is 0 Å². The highest BCUT2D eigenvalue weighted by molar-refractivity contribution is 7.71. The lowest BCUT2D eigenvalue weighted by molar-refractivity contribution is 0.414. The summed E-state index contributed by atoms with van der Waals surface area (Å²) in [7, 11) is 1.67. The van der Waals surface area contributed by atoms with Crippen LogP contribution < -0.4 is 4.74 Å². The molecule has 0 amide bonds. The maximum absolute atomic E-state index is 5.21. The zero-order valence-electron chi connectivity index (χ0n) is 9.93. The van der Waals surface area contributed by atoms with Crippen molar-refractivity contribution in [1.82, 2.24) is 14.8 Å². The second-order valence-electron chi connectivity index (χ2n) is 3.74. The largest absolute Gasteiger partial charge is 0.497 e. The summed E-state index contributed by atoms with van der Waals surface area (Å²) in [6.07, 6.45) is 0.858. The fourth-order valence-corrected chi connectivity index (χ4v) is 1.95. The van der Waals surface area contributed by atoms with Gasteiger partial charge in [0.05, 0.1) is 13.7 Å². The molecule has 1 N–H and O–H groups in total. The van der Waals surface area contributed by atoms with Gasteiger partial charge in [-0.25, -0.2) is 0 Å². The minimum Gasteiger partial charge on any atom is -0.497 e. The van der Waals surface area contributed by atoms with Gasteiger partial charge in [-0.05, 0) is 29.9 Å². The Labute approximate surface area is 105 Å². The maximum atomic E-state index is 5.21. The average Bonchev–Trinajstić information content (AvgIpc) is 2.71. The van der Waals surface area contributed by atoms with Crippen LogP contribution in [0.15, 0.2) is 24.3 Å². The quantitative estimate of drug-likeness (QED) is 0.847. The molecule has 0 aliphatic carbocycles. The van der Waals surface area contributed by atoms with Gasteiger partial charge in [-0.15, -0.1) is 0 Å². The van der Waals surface area contributed by atoms with E-state index in [-0.39, 0.29) is 0 Å².